The van der Waals surface area contributed by atoms with Gasteiger partial charge in [0.1, 0.15) is 5.82 Å². The molecular weight excluding hydrogens is 338 g/mol. The molecule has 3 amide bonds. The molecule has 1 fully saturated rings. The average molecular weight is 361 g/mol. The van der Waals surface area contributed by atoms with Gasteiger partial charge in [-0.25, -0.2) is 9.78 Å². The van der Waals surface area contributed by atoms with Gasteiger partial charge in [-0.05, 0) is 37.3 Å². The van der Waals surface area contributed by atoms with Crippen LogP contribution in [0.15, 0.2) is 29.9 Å². The summed E-state index contributed by atoms with van der Waals surface area (Å²) in [6.07, 6.45) is 5.07. The van der Waals surface area contributed by atoms with Crippen molar-refractivity contribution in [3.05, 3.63) is 35.7 Å². The molecular formula is C17H23N5O2S. The first-order valence-corrected chi connectivity index (χ1v) is 9.36. The Kier molecular flexibility index (Phi) is 5.70. The highest BCUT2D eigenvalue weighted by Crippen LogP contribution is 2.20. The van der Waals surface area contributed by atoms with Gasteiger partial charge in [-0.2, -0.15) is 0 Å². The summed E-state index contributed by atoms with van der Waals surface area (Å²) in [7, 11) is 0. The number of hydrogen-bond acceptors (Lipinski definition) is 4. The number of imidazole rings is 1. The second-order valence-electron chi connectivity index (χ2n) is 6.13. The van der Waals surface area contributed by atoms with Crippen molar-refractivity contribution in [3.63, 3.8) is 0 Å². The minimum absolute atomic E-state index is 0.0188. The third-order valence-corrected chi connectivity index (χ3v) is 5.27. The fourth-order valence-corrected chi connectivity index (χ4v) is 3.57. The Morgan fingerprint density at radius 1 is 1.36 bits per heavy atom. The summed E-state index contributed by atoms with van der Waals surface area (Å²) >= 11 is 1.50. The van der Waals surface area contributed by atoms with Gasteiger partial charge >= 0.3 is 6.03 Å². The van der Waals surface area contributed by atoms with E-state index in [-0.39, 0.29) is 17.9 Å². The quantitative estimate of drug-likeness (QED) is 0.858. The Hall–Kier alpha value is -2.35. The molecule has 3 heterocycles. The van der Waals surface area contributed by atoms with Gasteiger partial charge in [0.05, 0.1) is 5.00 Å². The van der Waals surface area contributed by atoms with E-state index in [0.29, 0.717) is 32.5 Å². The molecule has 0 saturated carbocycles. The zero-order valence-electron chi connectivity index (χ0n) is 14.3. The van der Waals surface area contributed by atoms with Gasteiger partial charge in [0.15, 0.2) is 0 Å². The predicted octanol–water partition coefficient (Wildman–Crippen LogP) is 2.31. The van der Waals surface area contributed by atoms with Crippen molar-refractivity contribution in [2.24, 2.45) is 5.92 Å². The highest BCUT2D eigenvalue weighted by Gasteiger charge is 2.27. The maximum absolute atomic E-state index is 12.3. The van der Waals surface area contributed by atoms with Crippen LogP contribution in [0, 0.1) is 12.8 Å². The van der Waals surface area contributed by atoms with Gasteiger partial charge in [-0.1, -0.05) is 0 Å². The Labute approximate surface area is 151 Å². The molecule has 134 valence electrons. The van der Waals surface area contributed by atoms with Crippen LogP contribution in [0.2, 0.25) is 0 Å². The van der Waals surface area contributed by atoms with Crippen molar-refractivity contribution >= 4 is 28.3 Å². The lowest BCUT2D eigenvalue weighted by atomic mass is 9.96. The third kappa shape index (κ3) is 4.60. The molecule has 25 heavy (non-hydrogen) atoms. The summed E-state index contributed by atoms with van der Waals surface area (Å²) in [5.41, 5.74) is 0. The molecule has 2 aromatic heterocycles. The van der Waals surface area contributed by atoms with Crippen LogP contribution in [0.4, 0.5) is 9.80 Å². The molecule has 3 rings (SSSR count). The molecule has 0 bridgehead atoms. The van der Waals surface area contributed by atoms with Crippen molar-refractivity contribution in [1.29, 1.82) is 0 Å². The minimum atomic E-state index is -0.0862. The number of thiophene rings is 1. The van der Waals surface area contributed by atoms with Crippen LogP contribution in [0.25, 0.3) is 0 Å². The number of nitrogens with one attached hydrogen (secondary N) is 2. The van der Waals surface area contributed by atoms with Crippen molar-refractivity contribution in [1.82, 2.24) is 19.8 Å². The standard InChI is InChI=1S/C17H23N5O2S/c1-13-18-6-10-21(13)11-7-19-16(23)14-4-8-22(9-5-14)17(24)20-15-3-2-12-25-15/h2-3,6,10,12,14H,4-5,7-9,11H2,1H3,(H,19,23)(H,20,24). The van der Waals surface area contributed by atoms with Crippen LogP contribution < -0.4 is 10.6 Å². The van der Waals surface area contributed by atoms with Crippen molar-refractivity contribution < 1.29 is 9.59 Å². The van der Waals surface area contributed by atoms with Gasteiger partial charge in [-0.15, -0.1) is 11.3 Å². The molecule has 0 unspecified atom stereocenters. The molecule has 7 nitrogen and oxygen atoms in total. The summed E-state index contributed by atoms with van der Waals surface area (Å²) in [5.74, 6) is 1.00. The predicted molar refractivity (Wildman–Crippen MR) is 97.6 cm³/mol. The van der Waals surface area contributed by atoms with Crippen molar-refractivity contribution in [2.45, 2.75) is 26.3 Å². The van der Waals surface area contributed by atoms with E-state index < -0.39 is 0 Å². The summed E-state index contributed by atoms with van der Waals surface area (Å²) in [6, 6.07) is 3.70. The molecule has 0 spiro atoms. The van der Waals surface area contributed by atoms with E-state index in [9.17, 15) is 9.59 Å². The van der Waals surface area contributed by atoms with E-state index in [4.69, 9.17) is 0 Å². The Morgan fingerprint density at radius 3 is 2.80 bits per heavy atom. The second-order valence-corrected chi connectivity index (χ2v) is 7.08. The Bertz CT molecular complexity index is 704. The number of urea groups is 1. The van der Waals surface area contributed by atoms with Gasteiger partial charge in [-0.3, -0.25) is 10.1 Å². The number of hydrogen-bond donors (Lipinski definition) is 2. The number of aryl methyl sites for hydroxylation is 1. The first kappa shape index (κ1) is 17.5. The summed E-state index contributed by atoms with van der Waals surface area (Å²) in [4.78, 5) is 30.4. The minimum Gasteiger partial charge on any atom is -0.354 e. The zero-order valence-corrected chi connectivity index (χ0v) is 15.1. The number of carbonyl (C=O) groups excluding carboxylic acids is 2. The maximum atomic E-state index is 12.3. The lowest BCUT2D eigenvalue weighted by molar-refractivity contribution is -0.126. The van der Waals surface area contributed by atoms with Crippen LogP contribution in [0.1, 0.15) is 18.7 Å². The third-order valence-electron chi connectivity index (χ3n) is 4.48. The van der Waals surface area contributed by atoms with Gasteiger partial charge < -0.3 is 14.8 Å². The molecule has 1 aliphatic rings. The second kappa shape index (κ2) is 8.15. The maximum Gasteiger partial charge on any atom is 0.322 e. The number of anilines is 1. The van der Waals surface area contributed by atoms with Crippen molar-refractivity contribution in [3.8, 4) is 0 Å². The highest BCUT2D eigenvalue weighted by molar-refractivity contribution is 7.14. The lowest BCUT2D eigenvalue weighted by Crippen LogP contribution is -2.44. The molecule has 2 N–H and O–H groups in total. The number of nitrogens with zero attached hydrogens (tertiary/aromatic N) is 3. The first-order valence-electron chi connectivity index (χ1n) is 8.48. The van der Waals surface area contributed by atoms with Crippen LogP contribution in [-0.4, -0.2) is 46.0 Å². The summed E-state index contributed by atoms with van der Waals surface area (Å²) < 4.78 is 2.01. The summed E-state index contributed by atoms with van der Waals surface area (Å²) in [5, 5.41) is 8.66. The van der Waals surface area contributed by atoms with Crippen LogP contribution in [-0.2, 0) is 11.3 Å². The van der Waals surface area contributed by atoms with E-state index in [1.165, 1.54) is 11.3 Å². The van der Waals surface area contributed by atoms with Crippen LogP contribution >= 0.6 is 11.3 Å². The first-order chi connectivity index (χ1) is 12.1. The molecule has 8 heteroatoms. The van der Waals surface area contributed by atoms with E-state index in [0.717, 1.165) is 17.4 Å². The van der Waals surface area contributed by atoms with E-state index >= 15 is 0 Å². The topological polar surface area (TPSA) is 79.3 Å². The number of amides is 3. The number of rotatable bonds is 5. The molecule has 1 aliphatic heterocycles. The number of carbonyl (C=O) groups is 2. The van der Waals surface area contributed by atoms with Crippen LogP contribution in [0.3, 0.4) is 0 Å². The van der Waals surface area contributed by atoms with Crippen molar-refractivity contribution in [2.75, 3.05) is 25.0 Å². The Morgan fingerprint density at radius 2 is 2.16 bits per heavy atom. The molecule has 2 aromatic rings. The van der Waals surface area contributed by atoms with E-state index in [1.54, 1.807) is 11.1 Å². The number of likely N-dealkylation sites (tertiary alicyclic amines) is 1. The molecule has 0 atom stereocenters. The summed E-state index contributed by atoms with van der Waals surface area (Å²) in [6.45, 7) is 4.47. The molecule has 0 radical (unpaired) electrons. The smallest absolute Gasteiger partial charge is 0.322 e. The molecule has 0 aliphatic carbocycles. The number of piperidine rings is 1. The number of aromatic nitrogens is 2. The fraction of sp³-hybridized carbons (Fsp3) is 0.471. The Balaban J connectivity index is 1.38. The van der Waals surface area contributed by atoms with Gasteiger partial charge in [0.25, 0.3) is 0 Å². The van der Waals surface area contributed by atoms with Gasteiger partial charge in [0.2, 0.25) is 5.91 Å². The molecule has 1 saturated heterocycles. The highest BCUT2D eigenvalue weighted by atomic mass is 32.1. The van der Waals surface area contributed by atoms with Gasteiger partial charge in [0, 0.05) is 44.5 Å². The lowest BCUT2D eigenvalue weighted by Gasteiger charge is -2.31. The monoisotopic (exact) mass is 361 g/mol. The SMILES string of the molecule is Cc1nccn1CCNC(=O)C1CCN(C(=O)Nc2cccs2)CC1. The van der Waals surface area contributed by atoms with Crippen LogP contribution in [0.5, 0.6) is 0 Å². The largest absolute Gasteiger partial charge is 0.354 e. The molecule has 0 aromatic carbocycles. The van der Waals surface area contributed by atoms with E-state index in [1.807, 2.05) is 35.2 Å². The normalized spacial score (nSPS) is 15.2. The average Bonchev–Trinajstić information content (AvgIpc) is 3.27. The fourth-order valence-electron chi connectivity index (χ4n) is 2.96. The zero-order chi connectivity index (χ0) is 17.6. The van der Waals surface area contributed by atoms with E-state index in [2.05, 4.69) is 15.6 Å².